The number of ketones is 1. The van der Waals surface area contributed by atoms with E-state index >= 15 is 0 Å². The average molecular weight is 247 g/mol. The summed E-state index contributed by atoms with van der Waals surface area (Å²) in [5.41, 5.74) is 2.39. The predicted molar refractivity (Wildman–Crippen MR) is 77.0 cm³/mol. The summed E-state index contributed by atoms with van der Waals surface area (Å²) in [6.07, 6.45) is 0.878. The quantitative estimate of drug-likeness (QED) is 0.736. The van der Waals surface area contributed by atoms with Gasteiger partial charge in [-0.05, 0) is 32.0 Å². The molecule has 0 aliphatic carbocycles. The Morgan fingerprint density at radius 1 is 1.11 bits per heavy atom. The van der Waals surface area contributed by atoms with E-state index in [1.165, 1.54) is 5.56 Å². The zero-order valence-electron chi connectivity index (χ0n) is 12.1. The highest BCUT2D eigenvalue weighted by atomic mass is 16.1. The van der Waals surface area contributed by atoms with Gasteiger partial charge in [0, 0.05) is 5.92 Å². The Labute approximate surface area is 111 Å². The van der Waals surface area contributed by atoms with E-state index in [2.05, 4.69) is 56.9 Å². The molecule has 1 aromatic carbocycles. The van der Waals surface area contributed by atoms with Crippen molar-refractivity contribution in [3.8, 4) is 0 Å². The van der Waals surface area contributed by atoms with Crippen molar-refractivity contribution in [2.45, 2.75) is 40.0 Å². The number of benzene rings is 1. The molecule has 1 rings (SSSR count). The molecular formula is C16H25NO. The third kappa shape index (κ3) is 3.95. The van der Waals surface area contributed by atoms with E-state index in [9.17, 15) is 4.79 Å². The van der Waals surface area contributed by atoms with Gasteiger partial charge in [-0.15, -0.1) is 0 Å². The minimum absolute atomic E-state index is 0.0474. The Balaban J connectivity index is 2.76. The summed E-state index contributed by atoms with van der Waals surface area (Å²) in [7, 11) is 0. The first-order valence-corrected chi connectivity index (χ1v) is 6.93. The van der Waals surface area contributed by atoms with Crippen LogP contribution >= 0.6 is 0 Å². The van der Waals surface area contributed by atoms with E-state index in [-0.39, 0.29) is 5.92 Å². The molecular weight excluding hydrogens is 222 g/mol. The summed E-state index contributed by atoms with van der Waals surface area (Å²) in [6, 6.07) is 8.35. The zero-order chi connectivity index (χ0) is 13.5. The number of hydrogen-bond acceptors (Lipinski definition) is 2. The molecule has 0 aliphatic rings. The molecule has 0 aliphatic heterocycles. The fraction of sp³-hybridized carbons (Fsp3) is 0.562. The van der Waals surface area contributed by atoms with Crippen molar-refractivity contribution >= 4 is 5.78 Å². The number of carbonyl (C=O) groups is 1. The van der Waals surface area contributed by atoms with Gasteiger partial charge in [-0.1, -0.05) is 50.6 Å². The minimum Gasteiger partial charge on any atom is -0.298 e. The van der Waals surface area contributed by atoms with Crippen LogP contribution in [-0.2, 0) is 4.79 Å². The van der Waals surface area contributed by atoms with E-state index in [4.69, 9.17) is 0 Å². The molecule has 0 aromatic heterocycles. The standard InChI is InChI=1S/C16H25NO/c1-5-15(14-10-8-13(4)9-11-14)16(18)12-17(6-2)7-3/h8-11,15H,5-7,12H2,1-4H3. The summed E-state index contributed by atoms with van der Waals surface area (Å²) in [5, 5.41) is 0. The van der Waals surface area contributed by atoms with Crippen LogP contribution in [0.1, 0.15) is 44.2 Å². The van der Waals surface area contributed by atoms with Crippen LogP contribution < -0.4 is 0 Å². The molecule has 0 radical (unpaired) electrons. The molecule has 0 spiro atoms. The number of aryl methyl sites for hydroxylation is 1. The molecule has 1 atom stereocenters. The number of rotatable bonds is 7. The molecule has 0 bridgehead atoms. The topological polar surface area (TPSA) is 20.3 Å². The van der Waals surface area contributed by atoms with Gasteiger partial charge in [0.1, 0.15) is 0 Å². The molecule has 2 nitrogen and oxygen atoms in total. The summed E-state index contributed by atoms with van der Waals surface area (Å²) < 4.78 is 0. The molecule has 0 amide bonds. The van der Waals surface area contributed by atoms with Crippen LogP contribution in [0.5, 0.6) is 0 Å². The molecule has 18 heavy (non-hydrogen) atoms. The SMILES string of the molecule is CCC(C(=O)CN(CC)CC)c1ccc(C)cc1. The van der Waals surface area contributed by atoms with Gasteiger partial charge in [-0.25, -0.2) is 0 Å². The first kappa shape index (κ1) is 14.9. The first-order valence-electron chi connectivity index (χ1n) is 6.93. The highest BCUT2D eigenvalue weighted by Crippen LogP contribution is 2.21. The third-order valence-corrected chi connectivity index (χ3v) is 3.55. The van der Waals surface area contributed by atoms with Gasteiger partial charge in [-0.3, -0.25) is 9.69 Å². The largest absolute Gasteiger partial charge is 0.298 e. The van der Waals surface area contributed by atoms with Crippen LogP contribution in [0.15, 0.2) is 24.3 Å². The summed E-state index contributed by atoms with van der Waals surface area (Å²) in [5.74, 6) is 0.385. The molecule has 1 aromatic rings. The third-order valence-electron chi connectivity index (χ3n) is 3.55. The lowest BCUT2D eigenvalue weighted by molar-refractivity contribution is -0.121. The highest BCUT2D eigenvalue weighted by molar-refractivity contribution is 5.87. The van der Waals surface area contributed by atoms with Crippen LogP contribution in [0, 0.1) is 6.92 Å². The van der Waals surface area contributed by atoms with E-state index in [1.807, 2.05) is 0 Å². The van der Waals surface area contributed by atoms with Crippen molar-refractivity contribution in [1.82, 2.24) is 4.90 Å². The molecule has 2 heteroatoms. The monoisotopic (exact) mass is 247 g/mol. The van der Waals surface area contributed by atoms with E-state index in [1.54, 1.807) is 0 Å². The van der Waals surface area contributed by atoms with Crippen LogP contribution in [0.4, 0.5) is 0 Å². The Morgan fingerprint density at radius 2 is 1.67 bits per heavy atom. The van der Waals surface area contributed by atoms with Gasteiger partial charge in [0.25, 0.3) is 0 Å². The Morgan fingerprint density at radius 3 is 2.11 bits per heavy atom. The van der Waals surface area contributed by atoms with Crippen LogP contribution in [0.2, 0.25) is 0 Å². The highest BCUT2D eigenvalue weighted by Gasteiger charge is 2.19. The normalized spacial score (nSPS) is 12.7. The fourth-order valence-electron chi connectivity index (χ4n) is 2.23. The Bertz CT molecular complexity index is 365. The predicted octanol–water partition coefficient (Wildman–Crippen LogP) is 3.40. The van der Waals surface area contributed by atoms with Gasteiger partial charge in [-0.2, -0.15) is 0 Å². The number of nitrogens with zero attached hydrogens (tertiary/aromatic N) is 1. The summed E-state index contributed by atoms with van der Waals surface area (Å²) in [6.45, 7) is 10.8. The van der Waals surface area contributed by atoms with Gasteiger partial charge >= 0.3 is 0 Å². The maximum absolute atomic E-state index is 12.3. The molecule has 100 valence electrons. The second kappa shape index (κ2) is 7.32. The second-order valence-electron chi connectivity index (χ2n) is 4.80. The van der Waals surface area contributed by atoms with Crippen molar-refractivity contribution in [2.24, 2.45) is 0 Å². The number of Topliss-reactive ketones (excluding diaryl/α,β-unsaturated/α-hetero) is 1. The average Bonchev–Trinajstić information content (AvgIpc) is 2.39. The van der Waals surface area contributed by atoms with Crippen LogP contribution in [-0.4, -0.2) is 30.3 Å². The minimum atomic E-state index is 0.0474. The van der Waals surface area contributed by atoms with Crippen molar-refractivity contribution < 1.29 is 4.79 Å². The summed E-state index contributed by atoms with van der Waals surface area (Å²) in [4.78, 5) is 14.5. The van der Waals surface area contributed by atoms with Gasteiger partial charge < -0.3 is 0 Å². The zero-order valence-corrected chi connectivity index (χ0v) is 12.1. The molecule has 0 fully saturated rings. The summed E-state index contributed by atoms with van der Waals surface area (Å²) >= 11 is 0. The van der Waals surface area contributed by atoms with Crippen molar-refractivity contribution in [3.63, 3.8) is 0 Å². The number of carbonyl (C=O) groups excluding carboxylic acids is 1. The first-order chi connectivity index (χ1) is 8.62. The lowest BCUT2D eigenvalue weighted by atomic mass is 9.91. The van der Waals surface area contributed by atoms with E-state index in [0.717, 1.165) is 25.1 Å². The lowest BCUT2D eigenvalue weighted by Crippen LogP contribution is -2.32. The lowest BCUT2D eigenvalue weighted by Gasteiger charge is -2.21. The molecule has 0 N–H and O–H groups in total. The van der Waals surface area contributed by atoms with Crippen molar-refractivity contribution in [2.75, 3.05) is 19.6 Å². The maximum Gasteiger partial charge on any atom is 0.154 e. The van der Waals surface area contributed by atoms with Crippen LogP contribution in [0.25, 0.3) is 0 Å². The van der Waals surface area contributed by atoms with Gasteiger partial charge in [0.05, 0.1) is 6.54 Å². The Hall–Kier alpha value is -1.15. The second-order valence-corrected chi connectivity index (χ2v) is 4.80. The number of likely N-dealkylation sites (N-methyl/N-ethyl adjacent to an activating group) is 1. The molecule has 0 saturated heterocycles. The van der Waals surface area contributed by atoms with Crippen molar-refractivity contribution in [3.05, 3.63) is 35.4 Å². The van der Waals surface area contributed by atoms with Gasteiger partial charge in [0.2, 0.25) is 0 Å². The molecule has 1 unspecified atom stereocenters. The smallest absolute Gasteiger partial charge is 0.154 e. The van der Waals surface area contributed by atoms with Gasteiger partial charge in [0.15, 0.2) is 5.78 Å². The number of hydrogen-bond donors (Lipinski definition) is 0. The van der Waals surface area contributed by atoms with E-state index in [0.29, 0.717) is 12.3 Å². The van der Waals surface area contributed by atoms with Crippen molar-refractivity contribution in [1.29, 1.82) is 0 Å². The molecule has 0 heterocycles. The van der Waals surface area contributed by atoms with E-state index < -0.39 is 0 Å². The fourth-order valence-corrected chi connectivity index (χ4v) is 2.23. The maximum atomic E-state index is 12.3. The van der Waals surface area contributed by atoms with Crippen LogP contribution in [0.3, 0.4) is 0 Å². The molecule has 0 saturated carbocycles. The Kier molecular flexibility index (Phi) is 6.06.